The van der Waals surface area contributed by atoms with E-state index in [1.807, 2.05) is 38.9 Å². The van der Waals surface area contributed by atoms with Crippen LogP contribution in [0.3, 0.4) is 0 Å². The summed E-state index contributed by atoms with van der Waals surface area (Å²) in [5, 5.41) is 11.5. The van der Waals surface area contributed by atoms with Crippen LogP contribution >= 0.6 is 0 Å². The Morgan fingerprint density at radius 1 is 1.43 bits per heavy atom. The SMILES string of the molecule is CC(C)n1cc(CNC(=O)N2CCC[C@@H]2Cn2cccn2)cn1. The highest BCUT2D eigenvalue weighted by Gasteiger charge is 2.28. The van der Waals surface area contributed by atoms with Gasteiger partial charge in [-0.15, -0.1) is 0 Å². The van der Waals surface area contributed by atoms with Gasteiger partial charge in [-0.1, -0.05) is 0 Å². The van der Waals surface area contributed by atoms with Crippen molar-refractivity contribution in [1.29, 1.82) is 0 Å². The molecule has 1 saturated heterocycles. The van der Waals surface area contributed by atoms with Gasteiger partial charge in [0.05, 0.1) is 18.8 Å². The minimum absolute atomic E-state index is 0.00282. The van der Waals surface area contributed by atoms with Gasteiger partial charge in [0.15, 0.2) is 0 Å². The molecule has 0 unspecified atom stereocenters. The number of aromatic nitrogens is 4. The zero-order valence-corrected chi connectivity index (χ0v) is 13.7. The Kier molecular flexibility index (Phi) is 4.64. The number of urea groups is 1. The van der Waals surface area contributed by atoms with Gasteiger partial charge in [-0.2, -0.15) is 10.2 Å². The first-order valence-corrected chi connectivity index (χ1v) is 8.18. The van der Waals surface area contributed by atoms with Crippen LogP contribution in [0.2, 0.25) is 0 Å². The van der Waals surface area contributed by atoms with E-state index in [1.54, 1.807) is 6.20 Å². The van der Waals surface area contributed by atoms with Gasteiger partial charge in [0.2, 0.25) is 0 Å². The normalized spacial score (nSPS) is 17.9. The van der Waals surface area contributed by atoms with Crippen LogP contribution in [0, 0.1) is 0 Å². The fraction of sp³-hybridized carbons (Fsp3) is 0.562. The monoisotopic (exact) mass is 316 g/mol. The largest absolute Gasteiger partial charge is 0.334 e. The number of rotatable bonds is 5. The summed E-state index contributed by atoms with van der Waals surface area (Å²) in [5.74, 6) is 0. The molecule has 0 radical (unpaired) electrons. The van der Waals surface area contributed by atoms with Gasteiger partial charge < -0.3 is 10.2 Å². The van der Waals surface area contributed by atoms with E-state index in [0.29, 0.717) is 12.6 Å². The zero-order valence-electron chi connectivity index (χ0n) is 13.7. The lowest BCUT2D eigenvalue weighted by Gasteiger charge is -2.24. The van der Waals surface area contributed by atoms with E-state index >= 15 is 0 Å². The lowest BCUT2D eigenvalue weighted by molar-refractivity contribution is 0.185. The molecule has 0 spiro atoms. The molecule has 1 fully saturated rings. The van der Waals surface area contributed by atoms with Crippen LogP contribution in [0.1, 0.15) is 38.3 Å². The van der Waals surface area contributed by atoms with E-state index in [9.17, 15) is 4.79 Å². The van der Waals surface area contributed by atoms with E-state index in [-0.39, 0.29) is 12.1 Å². The predicted octanol–water partition coefficient (Wildman–Crippen LogP) is 2.03. The Morgan fingerprint density at radius 3 is 3.00 bits per heavy atom. The van der Waals surface area contributed by atoms with Gasteiger partial charge >= 0.3 is 6.03 Å². The van der Waals surface area contributed by atoms with Gasteiger partial charge in [0.1, 0.15) is 0 Å². The highest BCUT2D eigenvalue weighted by molar-refractivity contribution is 5.74. The molecule has 2 aromatic rings. The van der Waals surface area contributed by atoms with Gasteiger partial charge in [-0.3, -0.25) is 9.36 Å². The van der Waals surface area contributed by atoms with Gasteiger partial charge in [0, 0.05) is 43.3 Å². The van der Waals surface area contributed by atoms with Crippen molar-refractivity contribution in [3.8, 4) is 0 Å². The quantitative estimate of drug-likeness (QED) is 0.918. The topological polar surface area (TPSA) is 68.0 Å². The average molecular weight is 316 g/mol. The van der Waals surface area contributed by atoms with E-state index < -0.39 is 0 Å². The summed E-state index contributed by atoms with van der Waals surface area (Å²) >= 11 is 0. The lowest BCUT2D eigenvalue weighted by atomic mass is 10.2. The van der Waals surface area contributed by atoms with Crippen molar-refractivity contribution in [2.45, 2.75) is 51.9 Å². The first kappa shape index (κ1) is 15.6. The summed E-state index contributed by atoms with van der Waals surface area (Å²) in [4.78, 5) is 14.4. The molecule has 3 heterocycles. The summed E-state index contributed by atoms with van der Waals surface area (Å²) in [5.41, 5.74) is 1.02. The van der Waals surface area contributed by atoms with Crippen molar-refractivity contribution in [3.63, 3.8) is 0 Å². The molecular formula is C16H24N6O. The molecule has 0 aliphatic carbocycles. The molecule has 7 heteroatoms. The number of nitrogens with one attached hydrogen (secondary N) is 1. The molecule has 0 bridgehead atoms. The summed E-state index contributed by atoms with van der Waals surface area (Å²) < 4.78 is 3.79. The smallest absolute Gasteiger partial charge is 0.317 e. The molecular weight excluding hydrogens is 292 g/mol. The first-order valence-electron chi connectivity index (χ1n) is 8.18. The number of nitrogens with zero attached hydrogens (tertiary/aromatic N) is 5. The summed E-state index contributed by atoms with van der Waals surface area (Å²) in [6.07, 6.45) is 9.57. The van der Waals surface area contributed by atoms with Gasteiger partial charge in [-0.05, 0) is 32.8 Å². The van der Waals surface area contributed by atoms with Crippen LogP contribution < -0.4 is 5.32 Å². The zero-order chi connectivity index (χ0) is 16.2. The highest BCUT2D eigenvalue weighted by atomic mass is 16.2. The maximum absolute atomic E-state index is 12.5. The molecule has 1 aliphatic rings. The van der Waals surface area contributed by atoms with Crippen LogP contribution in [0.4, 0.5) is 4.79 Å². The number of hydrogen-bond donors (Lipinski definition) is 1. The predicted molar refractivity (Wildman–Crippen MR) is 86.8 cm³/mol. The first-order chi connectivity index (χ1) is 11.1. The van der Waals surface area contributed by atoms with Crippen LogP contribution in [0.15, 0.2) is 30.9 Å². The van der Waals surface area contributed by atoms with E-state index in [2.05, 4.69) is 29.4 Å². The Morgan fingerprint density at radius 2 is 2.30 bits per heavy atom. The van der Waals surface area contributed by atoms with Crippen molar-refractivity contribution in [2.24, 2.45) is 0 Å². The second kappa shape index (κ2) is 6.85. The minimum atomic E-state index is -0.00282. The second-order valence-electron chi connectivity index (χ2n) is 6.30. The number of likely N-dealkylation sites (tertiary alicyclic amines) is 1. The molecule has 0 saturated carbocycles. The standard InChI is InChI=1S/C16H24N6O/c1-13(2)22-11-14(10-19-22)9-17-16(23)21-8-3-5-15(21)12-20-7-4-6-18-20/h4,6-7,10-11,13,15H,3,5,8-9,12H2,1-2H3,(H,17,23)/t15-/m1/s1. The second-order valence-corrected chi connectivity index (χ2v) is 6.30. The Hall–Kier alpha value is -2.31. The van der Waals surface area contributed by atoms with Crippen molar-refractivity contribution in [1.82, 2.24) is 29.8 Å². The minimum Gasteiger partial charge on any atom is -0.334 e. The van der Waals surface area contributed by atoms with Crippen molar-refractivity contribution in [3.05, 3.63) is 36.4 Å². The van der Waals surface area contributed by atoms with Crippen molar-refractivity contribution in [2.75, 3.05) is 6.54 Å². The molecule has 23 heavy (non-hydrogen) atoms. The number of hydrogen-bond acceptors (Lipinski definition) is 3. The third-order valence-corrected chi connectivity index (χ3v) is 4.22. The summed E-state index contributed by atoms with van der Waals surface area (Å²) in [6, 6.07) is 2.45. The fourth-order valence-corrected chi connectivity index (χ4v) is 2.95. The van der Waals surface area contributed by atoms with Gasteiger partial charge in [0.25, 0.3) is 0 Å². The summed E-state index contributed by atoms with van der Waals surface area (Å²) in [6.45, 7) is 6.24. The molecule has 7 nitrogen and oxygen atoms in total. The Bertz CT molecular complexity index is 633. The Labute approximate surface area is 136 Å². The molecule has 2 aromatic heterocycles. The third kappa shape index (κ3) is 3.72. The van der Waals surface area contributed by atoms with Crippen LogP contribution in [-0.4, -0.2) is 43.1 Å². The van der Waals surface area contributed by atoms with E-state index in [4.69, 9.17) is 0 Å². The highest BCUT2D eigenvalue weighted by Crippen LogP contribution is 2.18. The van der Waals surface area contributed by atoms with Crippen molar-refractivity contribution >= 4 is 6.03 Å². The summed E-state index contributed by atoms with van der Waals surface area (Å²) in [7, 11) is 0. The lowest BCUT2D eigenvalue weighted by Crippen LogP contribution is -2.44. The Balaban J connectivity index is 1.54. The van der Waals surface area contributed by atoms with Gasteiger partial charge in [-0.25, -0.2) is 4.79 Å². The van der Waals surface area contributed by atoms with E-state index in [1.165, 1.54) is 0 Å². The molecule has 0 aromatic carbocycles. The number of amides is 2. The van der Waals surface area contributed by atoms with Crippen LogP contribution in [0.25, 0.3) is 0 Å². The fourth-order valence-electron chi connectivity index (χ4n) is 2.95. The number of carbonyl (C=O) groups excluding carboxylic acids is 1. The average Bonchev–Trinajstić information content (AvgIpc) is 3.27. The van der Waals surface area contributed by atoms with Crippen molar-refractivity contribution < 1.29 is 4.79 Å². The maximum atomic E-state index is 12.5. The van der Waals surface area contributed by atoms with E-state index in [0.717, 1.165) is 31.5 Å². The molecule has 2 amide bonds. The number of carbonyl (C=O) groups is 1. The molecule has 1 atom stereocenters. The molecule has 1 aliphatic heterocycles. The molecule has 1 N–H and O–H groups in total. The molecule has 124 valence electrons. The molecule has 3 rings (SSSR count). The maximum Gasteiger partial charge on any atom is 0.317 e. The van der Waals surface area contributed by atoms with Crippen LogP contribution in [0.5, 0.6) is 0 Å². The van der Waals surface area contributed by atoms with Crippen LogP contribution in [-0.2, 0) is 13.1 Å². The third-order valence-electron chi connectivity index (χ3n) is 4.22.